The maximum atomic E-state index is 12.5. The highest BCUT2D eigenvalue weighted by Crippen LogP contribution is 2.28. The van der Waals surface area contributed by atoms with Gasteiger partial charge >= 0.3 is 0 Å². The molecule has 0 spiro atoms. The smallest absolute Gasteiger partial charge is 0.0431 e. The lowest BCUT2D eigenvalue weighted by Crippen LogP contribution is -2.29. The molecule has 0 heterocycles. The van der Waals surface area contributed by atoms with Gasteiger partial charge in [-0.3, -0.25) is 4.21 Å². The summed E-state index contributed by atoms with van der Waals surface area (Å²) in [6.45, 7) is 4.42. The predicted octanol–water partition coefficient (Wildman–Crippen LogP) is 3.58. The third-order valence-electron chi connectivity index (χ3n) is 4.42. The minimum atomic E-state index is -0.790. The molecule has 2 N–H and O–H groups in total. The van der Waals surface area contributed by atoms with Crippen LogP contribution in [0.25, 0.3) is 0 Å². The van der Waals surface area contributed by atoms with Gasteiger partial charge in [0.1, 0.15) is 0 Å². The summed E-state index contributed by atoms with van der Waals surface area (Å²) in [6, 6.07) is 8.33. The third kappa shape index (κ3) is 4.16. The standard InChI is InChI=1S/C17H27NOS/c1-3-14-7-9-15(10-8-14)17(18)12-20(19)16-6-4-5-13(2)11-16/h7-10,13,16-17H,3-6,11-12,18H2,1-2H3. The summed E-state index contributed by atoms with van der Waals surface area (Å²) in [5.41, 5.74) is 8.67. The van der Waals surface area contributed by atoms with Crippen LogP contribution in [0.4, 0.5) is 0 Å². The van der Waals surface area contributed by atoms with E-state index in [1.54, 1.807) is 0 Å². The molecule has 0 radical (unpaired) electrons. The van der Waals surface area contributed by atoms with Crippen molar-refractivity contribution < 1.29 is 4.21 Å². The highest BCUT2D eigenvalue weighted by atomic mass is 32.2. The van der Waals surface area contributed by atoms with Crippen LogP contribution in [0, 0.1) is 5.92 Å². The number of benzene rings is 1. The average molecular weight is 293 g/mol. The molecule has 1 fully saturated rings. The van der Waals surface area contributed by atoms with Crippen LogP contribution in [0.15, 0.2) is 24.3 Å². The van der Waals surface area contributed by atoms with Crippen LogP contribution in [-0.2, 0) is 17.2 Å². The molecule has 2 nitrogen and oxygen atoms in total. The van der Waals surface area contributed by atoms with Gasteiger partial charge in [0.2, 0.25) is 0 Å². The molecule has 1 aromatic carbocycles. The molecule has 0 bridgehead atoms. The number of rotatable bonds is 5. The second-order valence-corrected chi connectivity index (χ2v) is 7.90. The van der Waals surface area contributed by atoms with Crippen LogP contribution in [0.1, 0.15) is 56.7 Å². The fourth-order valence-corrected chi connectivity index (χ4v) is 4.82. The SMILES string of the molecule is CCc1ccc(C(N)CS(=O)C2CCCC(C)C2)cc1. The van der Waals surface area contributed by atoms with E-state index in [1.165, 1.54) is 18.4 Å². The maximum Gasteiger partial charge on any atom is 0.0431 e. The molecule has 4 atom stereocenters. The fourth-order valence-electron chi connectivity index (χ4n) is 3.03. The van der Waals surface area contributed by atoms with E-state index in [-0.39, 0.29) is 6.04 Å². The van der Waals surface area contributed by atoms with Gasteiger partial charge in [0.15, 0.2) is 0 Å². The molecular weight excluding hydrogens is 266 g/mol. The van der Waals surface area contributed by atoms with E-state index < -0.39 is 10.8 Å². The molecule has 0 aromatic heterocycles. The largest absolute Gasteiger partial charge is 0.323 e. The van der Waals surface area contributed by atoms with Gasteiger partial charge < -0.3 is 5.73 Å². The van der Waals surface area contributed by atoms with Gasteiger partial charge in [-0.05, 0) is 36.3 Å². The van der Waals surface area contributed by atoms with Crippen molar-refractivity contribution in [3.63, 3.8) is 0 Å². The zero-order valence-corrected chi connectivity index (χ0v) is 13.5. The van der Waals surface area contributed by atoms with Crippen LogP contribution in [0.2, 0.25) is 0 Å². The van der Waals surface area contributed by atoms with Gasteiger partial charge in [-0.25, -0.2) is 0 Å². The Balaban J connectivity index is 1.92. The first kappa shape index (κ1) is 15.7. The van der Waals surface area contributed by atoms with Crippen LogP contribution < -0.4 is 5.73 Å². The van der Waals surface area contributed by atoms with Crippen molar-refractivity contribution in [2.24, 2.45) is 11.7 Å². The predicted molar refractivity (Wildman–Crippen MR) is 87.2 cm³/mol. The van der Waals surface area contributed by atoms with Crippen LogP contribution >= 0.6 is 0 Å². The summed E-state index contributed by atoms with van der Waals surface area (Å²) in [5.74, 6) is 1.32. The van der Waals surface area contributed by atoms with Crippen LogP contribution in [0.3, 0.4) is 0 Å². The van der Waals surface area contributed by atoms with Crippen molar-refractivity contribution in [3.05, 3.63) is 35.4 Å². The Bertz CT molecular complexity index is 443. The maximum absolute atomic E-state index is 12.5. The fraction of sp³-hybridized carbons (Fsp3) is 0.647. The van der Waals surface area contributed by atoms with Gasteiger partial charge in [0.25, 0.3) is 0 Å². The molecule has 1 aliphatic rings. The summed E-state index contributed by atoms with van der Waals surface area (Å²) in [4.78, 5) is 0. The molecule has 112 valence electrons. The van der Waals surface area contributed by atoms with Crippen LogP contribution in [0.5, 0.6) is 0 Å². The van der Waals surface area contributed by atoms with Crippen molar-refractivity contribution in [3.8, 4) is 0 Å². The highest BCUT2D eigenvalue weighted by molar-refractivity contribution is 7.85. The van der Waals surface area contributed by atoms with Crippen molar-refractivity contribution in [2.75, 3.05) is 5.75 Å². The van der Waals surface area contributed by atoms with Crippen LogP contribution in [-0.4, -0.2) is 15.2 Å². The Morgan fingerprint density at radius 1 is 1.30 bits per heavy atom. The molecule has 4 unspecified atom stereocenters. The lowest BCUT2D eigenvalue weighted by Gasteiger charge is -2.27. The Labute approximate surface area is 125 Å². The van der Waals surface area contributed by atoms with E-state index in [2.05, 4.69) is 38.1 Å². The first-order chi connectivity index (χ1) is 9.60. The molecule has 3 heteroatoms. The number of nitrogens with two attached hydrogens (primary N) is 1. The van der Waals surface area contributed by atoms with E-state index >= 15 is 0 Å². The summed E-state index contributed by atoms with van der Waals surface area (Å²) in [6.07, 6.45) is 5.77. The molecule has 0 saturated heterocycles. The minimum Gasteiger partial charge on any atom is -0.323 e. The van der Waals surface area contributed by atoms with E-state index in [1.807, 2.05) is 0 Å². The molecule has 1 aromatic rings. The van der Waals surface area contributed by atoms with Crippen molar-refractivity contribution >= 4 is 10.8 Å². The topological polar surface area (TPSA) is 43.1 Å². The Morgan fingerprint density at radius 2 is 2.00 bits per heavy atom. The lowest BCUT2D eigenvalue weighted by molar-refractivity contribution is 0.389. The zero-order chi connectivity index (χ0) is 14.5. The normalized spacial score (nSPS) is 26.1. The first-order valence-corrected chi connectivity index (χ1v) is 9.20. The van der Waals surface area contributed by atoms with Gasteiger partial charge in [-0.2, -0.15) is 0 Å². The first-order valence-electron chi connectivity index (χ1n) is 7.81. The lowest BCUT2D eigenvalue weighted by atomic mass is 9.91. The molecule has 1 aliphatic carbocycles. The van der Waals surface area contributed by atoms with Crippen molar-refractivity contribution in [1.82, 2.24) is 0 Å². The van der Waals surface area contributed by atoms with Gasteiger partial charge in [0, 0.05) is 27.8 Å². The molecular formula is C17H27NOS. The monoisotopic (exact) mass is 293 g/mol. The van der Waals surface area contributed by atoms with Gasteiger partial charge in [-0.1, -0.05) is 51.0 Å². The molecule has 2 rings (SSSR count). The number of aryl methyl sites for hydroxylation is 1. The van der Waals surface area contributed by atoms with E-state index in [0.717, 1.165) is 30.7 Å². The third-order valence-corrected chi connectivity index (χ3v) is 6.28. The minimum absolute atomic E-state index is 0.0982. The molecule has 1 saturated carbocycles. The van der Waals surface area contributed by atoms with Gasteiger partial charge in [-0.15, -0.1) is 0 Å². The van der Waals surface area contributed by atoms with Crippen molar-refractivity contribution in [1.29, 1.82) is 0 Å². The van der Waals surface area contributed by atoms with E-state index in [4.69, 9.17) is 5.73 Å². The number of hydrogen-bond acceptors (Lipinski definition) is 2. The van der Waals surface area contributed by atoms with Gasteiger partial charge in [0.05, 0.1) is 0 Å². The Hall–Kier alpha value is -0.670. The van der Waals surface area contributed by atoms with Crippen molar-refractivity contribution in [2.45, 2.75) is 57.2 Å². The Morgan fingerprint density at radius 3 is 2.60 bits per heavy atom. The number of hydrogen-bond donors (Lipinski definition) is 1. The zero-order valence-electron chi connectivity index (χ0n) is 12.7. The van der Waals surface area contributed by atoms with E-state index in [0.29, 0.717) is 11.0 Å². The quantitative estimate of drug-likeness (QED) is 0.901. The summed E-state index contributed by atoms with van der Waals surface area (Å²) >= 11 is 0. The average Bonchev–Trinajstić information content (AvgIpc) is 2.47. The second-order valence-electron chi connectivity index (χ2n) is 6.14. The summed E-state index contributed by atoms with van der Waals surface area (Å²) in [7, 11) is -0.790. The highest BCUT2D eigenvalue weighted by Gasteiger charge is 2.25. The molecule has 20 heavy (non-hydrogen) atoms. The second kappa shape index (κ2) is 7.37. The molecule has 0 amide bonds. The molecule has 0 aliphatic heterocycles. The summed E-state index contributed by atoms with van der Waals surface area (Å²) in [5, 5.41) is 0.361. The summed E-state index contributed by atoms with van der Waals surface area (Å²) < 4.78 is 12.5. The Kier molecular flexibility index (Phi) is 5.79. The van der Waals surface area contributed by atoms with E-state index in [9.17, 15) is 4.21 Å².